The molecule has 0 aromatic heterocycles. The monoisotopic (exact) mass is 327 g/mol. The van der Waals surface area contributed by atoms with E-state index in [1.807, 2.05) is 18.2 Å². The summed E-state index contributed by atoms with van der Waals surface area (Å²) in [6.45, 7) is 0. The maximum absolute atomic E-state index is 12.5. The number of nitrogens with two attached hydrogens (primary N) is 1. The highest BCUT2D eigenvalue weighted by atomic mass is 16.5. The van der Waals surface area contributed by atoms with Gasteiger partial charge in [-0.3, -0.25) is 4.79 Å². The summed E-state index contributed by atoms with van der Waals surface area (Å²) in [6, 6.07) is 10.9. The van der Waals surface area contributed by atoms with Crippen molar-refractivity contribution in [2.45, 2.75) is 18.9 Å². The van der Waals surface area contributed by atoms with Gasteiger partial charge in [-0.1, -0.05) is 0 Å². The third-order valence-electron chi connectivity index (χ3n) is 3.88. The maximum Gasteiger partial charge on any atom is 0.253 e. The van der Waals surface area contributed by atoms with Crippen molar-refractivity contribution < 1.29 is 14.3 Å². The van der Waals surface area contributed by atoms with Gasteiger partial charge in [0.2, 0.25) is 0 Å². The molecule has 2 aromatic rings. The lowest BCUT2D eigenvalue weighted by molar-refractivity contribution is 0.0952. The van der Waals surface area contributed by atoms with Crippen molar-refractivity contribution in [2.24, 2.45) is 0 Å². The number of amides is 1. The van der Waals surface area contributed by atoms with Gasteiger partial charge in [-0.25, -0.2) is 0 Å². The number of hydrogen-bond acceptors (Lipinski definition) is 5. The van der Waals surface area contributed by atoms with Gasteiger partial charge in [-0.2, -0.15) is 0 Å². The SMILES string of the molecule is COc1ccc(OC)c(Nc2ccc(N)cc2C(=O)NC2CC2)c1. The summed E-state index contributed by atoms with van der Waals surface area (Å²) >= 11 is 0. The molecule has 1 aliphatic carbocycles. The summed E-state index contributed by atoms with van der Waals surface area (Å²) in [7, 11) is 3.19. The fourth-order valence-electron chi connectivity index (χ4n) is 2.41. The van der Waals surface area contributed by atoms with E-state index in [1.54, 1.807) is 32.4 Å². The quantitative estimate of drug-likeness (QED) is 0.710. The molecule has 0 spiro atoms. The number of nitrogen functional groups attached to an aromatic ring is 1. The summed E-state index contributed by atoms with van der Waals surface area (Å²) in [5.74, 6) is 1.22. The van der Waals surface area contributed by atoms with E-state index in [2.05, 4.69) is 10.6 Å². The molecule has 0 radical (unpaired) electrons. The van der Waals surface area contributed by atoms with Crippen LogP contribution >= 0.6 is 0 Å². The number of carbonyl (C=O) groups excluding carboxylic acids is 1. The Morgan fingerprint density at radius 3 is 2.54 bits per heavy atom. The molecule has 1 amide bonds. The zero-order chi connectivity index (χ0) is 17.1. The number of benzene rings is 2. The molecule has 0 aliphatic heterocycles. The number of anilines is 3. The second-order valence-corrected chi connectivity index (χ2v) is 5.74. The highest BCUT2D eigenvalue weighted by Crippen LogP contribution is 2.33. The molecule has 6 nitrogen and oxygen atoms in total. The van der Waals surface area contributed by atoms with Gasteiger partial charge >= 0.3 is 0 Å². The molecule has 0 unspecified atom stereocenters. The number of hydrogen-bond donors (Lipinski definition) is 3. The van der Waals surface area contributed by atoms with Crippen molar-refractivity contribution in [1.82, 2.24) is 5.32 Å². The number of rotatable bonds is 6. The smallest absolute Gasteiger partial charge is 0.253 e. The molecule has 6 heteroatoms. The van der Waals surface area contributed by atoms with Crippen LogP contribution in [0.1, 0.15) is 23.2 Å². The predicted octanol–water partition coefficient (Wildman–Crippen LogP) is 2.92. The molecule has 0 heterocycles. The minimum atomic E-state index is -0.130. The molecular weight excluding hydrogens is 306 g/mol. The Bertz CT molecular complexity index is 757. The molecule has 3 rings (SSSR count). The van der Waals surface area contributed by atoms with Gasteiger partial charge in [-0.05, 0) is 43.2 Å². The van der Waals surface area contributed by atoms with Gasteiger partial charge in [0.15, 0.2) is 0 Å². The Balaban J connectivity index is 1.93. The Kier molecular flexibility index (Phi) is 4.46. The van der Waals surface area contributed by atoms with Crippen molar-refractivity contribution in [1.29, 1.82) is 0 Å². The van der Waals surface area contributed by atoms with Crippen LogP contribution in [0.3, 0.4) is 0 Å². The fourth-order valence-corrected chi connectivity index (χ4v) is 2.41. The van der Waals surface area contributed by atoms with Gasteiger partial charge in [0.05, 0.1) is 31.2 Å². The molecule has 0 saturated heterocycles. The largest absolute Gasteiger partial charge is 0.497 e. The third-order valence-corrected chi connectivity index (χ3v) is 3.88. The van der Waals surface area contributed by atoms with E-state index in [9.17, 15) is 4.79 Å². The van der Waals surface area contributed by atoms with Crippen LogP contribution in [0.25, 0.3) is 0 Å². The van der Waals surface area contributed by atoms with E-state index < -0.39 is 0 Å². The van der Waals surface area contributed by atoms with Crippen LogP contribution in [0.5, 0.6) is 11.5 Å². The van der Waals surface area contributed by atoms with E-state index in [1.165, 1.54) is 0 Å². The summed E-state index contributed by atoms with van der Waals surface area (Å²) < 4.78 is 10.6. The van der Waals surface area contributed by atoms with Gasteiger partial charge < -0.3 is 25.8 Å². The standard InChI is InChI=1S/C18H21N3O3/c1-23-13-6-8-17(24-2)16(10-13)21-15-7-3-11(19)9-14(15)18(22)20-12-4-5-12/h3,6-10,12,21H,4-5,19H2,1-2H3,(H,20,22). The van der Waals surface area contributed by atoms with Crippen LogP contribution in [-0.4, -0.2) is 26.2 Å². The molecule has 24 heavy (non-hydrogen) atoms. The van der Waals surface area contributed by atoms with Gasteiger partial charge in [0.1, 0.15) is 11.5 Å². The molecule has 1 saturated carbocycles. The lowest BCUT2D eigenvalue weighted by Crippen LogP contribution is -2.26. The first-order valence-electron chi connectivity index (χ1n) is 7.80. The molecule has 0 atom stereocenters. The number of ether oxygens (including phenoxy) is 2. The number of methoxy groups -OCH3 is 2. The zero-order valence-electron chi connectivity index (χ0n) is 13.8. The van der Waals surface area contributed by atoms with Gasteiger partial charge in [0, 0.05) is 17.8 Å². The highest BCUT2D eigenvalue weighted by molar-refractivity contribution is 6.01. The summed E-state index contributed by atoms with van der Waals surface area (Å²) in [5.41, 5.74) is 8.27. The third kappa shape index (κ3) is 3.53. The van der Waals surface area contributed by atoms with Crippen LogP contribution in [0.4, 0.5) is 17.1 Å². The van der Waals surface area contributed by atoms with E-state index in [4.69, 9.17) is 15.2 Å². The van der Waals surface area contributed by atoms with E-state index in [0.29, 0.717) is 34.1 Å². The predicted molar refractivity (Wildman–Crippen MR) is 94.2 cm³/mol. The zero-order valence-corrected chi connectivity index (χ0v) is 13.8. The molecular formula is C18H21N3O3. The lowest BCUT2D eigenvalue weighted by Gasteiger charge is -2.16. The van der Waals surface area contributed by atoms with E-state index in [0.717, 1.165) is 12.8 Å². The molecule has 1 aliphatic rings. The summed E-state index contributed by atoms with van der Waals surface area (Å²) in [6.07, 6.45) is 2.06. The average Bonchev–Trinajstić information content (AvgIpc) is 3.40. The Morgan fingerprint density at radius 1 is 1.08 bits per heavy atom. The normalized spacial score (nSPS) is 13.2. The first kappa shape index (κ1) is 16.0. The van der Waals surface area contributed by atoms with Crippen LogP contribution in [-0.2, 0) is 0 Å². The molecule has 126 valence electrons. The number of carbonyl (C=O) groups is 1. The maximum atomic E-state index is 12.5. The molecule has 4 N–H and O–H groups in total. The van der Waals surface area contributed by atoms with Crippen molar-refractivity contribution in [3.05, 3.63) is 42.0 Å². The van der Waals surface area contributed by atoms with Crippen LogP contribution < -0.4 is 25.8 Å². The average molecular weight is 327 g/mol. The van der Waals surface area contributed by atoms with Gasteiger partial charge in [-0.15, -0.1) is 0 Å². The Morgan fingerprint density at radius 2 is 1.88 bits per heavy atom. The first-order chi connectivity index (χ1) is 11.6. The van der Waals surface area contributed by atoms with Crippen LogP contribution in [0.2, 0.25) is 0 Å². The second-order valence-electron chi connectivity index (χ2n) is 5.74. The molecule has 2 aromatic carbocycles. The van der Waals surface area contributed by atoms with E-state index in [-0.39, 0.29) is 11.9 Å². The Hall–Kier alpha value is -2.89. The number of nitrogens with one attached hydrogen (secondary N) is 2. The topological polar surface area (TPSA) is 85.6 Å². The van der Waals surface area contributed by atoms with Crippen molar-refractivity contribution >= 4 is 23.0 Å². The van der Waals surface area contributed by atoms with Crippen molar-refractivity contribution in [2.75, 3.05) is 25.3 Å². The van der Waals surface area contributed by atoms with Crippen molar-refractivity contribution in [3.8, 4) is 11.5 Å². The Labute approximate surface area is 141 Å². The van der Waals surface area contributed by atoms with Crippen LogP contribution in [0.15, 0.2) is 36.4 Å². The highest BCUT2D eigenvalue weighted by Gasteiger charge is 2.25. The molecule has 0 bridgehead atoms. The van der Waals surface area contributed by atoms with Crippen molar-refractivity contribution in [3.63, 3.8) is 0 Å². The molecule has 1 fully saturated rings. The first-order valence-corrected chi connectivity index (χ1v) is 7.80. The summed E-state index contributed by atoms with van der Waals surface area (Å²) in [5, 5.41) is 6.23. The summed E-state index contributed by atoms with van der Waals surface area (Å²) in [4.78, 5) is 12.5. The second kappa shape index (κ2) is 6.70. The lowest BCUT2D eigenvalue weighted by atomic mass is 10.1. The minimum Gasteiger partial charge on any atom is -0.497 e. The fraction of sp³-hybridized carbons (Fsp3) is 0.278. The van der Waals surface area contributed by atoms with Gasteiger partial charge in [0.25, 0.3) is 5.91 Å². The van der Waals surface area contributed by atoms with Crippen LogP contribution in [0, 0.1) is 0 Å². The minimum absolute atomic E-state index is 0.130. The van der Waals surface area contributed by atoms with E-state index >= 15 is 0 Å².